The highest BCUT2D eigenvalue weighted by Gasteiger charge is 2.24. The summed E-state index contributed by atoms with van der Waals surface area (Å²) in [5, 5.41) is 12.8. The number of aliphatic carboxylic acids is 1. The predicted octanol–water partition coefficient (Wildman–Crippen LogP) is 7.13. The SMILES string of the molecule is C[C@@H](CC(=O)O)CC(=O)N[C@@H](C)[C@@H](Cc1ccc(Cl)c(Cl)c1)c1ccc(-c2ccccc2)c(F)c1. The van der Waals surface area contributed by atoms with Gasteiger partial charge in [-0.15, -0.1) is 0 Å². The van der Waals surface area contributed by atoms with Gasteiger partial charge in [0.25, 0.3) is 0 Å². The first-order chi connectivity index (χ1) is 16.6. The van der Waals surface area contributed by atoms with Crippen molar-refractivity contribution in [3.63, 3.8) is 0 Å². The molecule has 0 spiro atoms. The van der Waals surface area contributed by atoms with Crippen molar-refractivity contribution in [2.45, 2.75) is 45.1 Å². The Morgan fingerprint density at radius 1 is 0.943 bits per heavy atom. The fourth-order valence-electron chi connectivity index (χ4n) is 4.22. The molecule has 0 aromatic heterocycles. The lowest BCUT2D eigenvalue weighted by Crippen LogP contribution is -2.38. The number of hydrogen-bond donors (Lipinski definition) is 2. The fraction of sp³-hybridized carbons (Fsp3) is 0.286. The molecular weight excluding hydrogens is 488 g/mol. The van der Waals surface area contributed by atoms with Crippen molar-refractivity contribution in [3.05, 3.63) is 93.7 Å². The van der Waals surface area contributed by atoms with Crippen LogP contribution in [0.3, 0.4) is 0 Å². The molecule has 1 amide bonds. The van der Waals surface area contributed by atoms with Gasteiger partial charge >= 0.3 is 5.97 Å². The third-order valence-corrected chi connectivity index (χ3v) is 6.73. The monoisotopic (exact) mass is 515 g/mol. The van der Waals surface area contributed by atoms with Gasteiger partial charge in [-0.2, -0.15) is 0 Å². The molecule has 0 saturated heterocycles. The molecule has 3 atom stereocenters. The number of carboxylic acids is 1. The van der Waals surface area contributed by atoms with Gasteiger partial charge in [-0.1, -0.05) is 78.7 Å². The molecule has 0 aliphatic carbocycles. The summed E-state index contributed by atoms with van der Waals surface area (Å²) < 4.78 is 15.2. The van der Waals surface area contributed by atoms with Crippen LogP contribution >= 0.6 is 23.2 Å². The minimum absolute atomic E-state index is 0.0827. The zero-order chi connectivity index (χ0) is 25.5. The van der Waals surface area contributed by atoms with Crippen LogP contribution in [-0.4, -0.2) is 23.0 Å². The van der Waals surface area contributed by atoms with E-state index < -0.39 is 5.97 Å². The maximum atomic E-state index is 15.2. The zero-order valence-electron chi connectivity index (χ0n) is 19.6. The van der Waals surface area contributed by atoms with Crippen molar-refractivity contribution < 1.29 is 19.1 Å². The Kier molecular flexibility index (Phi) is 9.30. The highest BCUT2D eigenvalue weighted by Crippen LogP contribution is 2.32. The van der Waals surface area contributed by atoms with Gasteiger partial charge in [-0.25, -0.2) is 4.39 Å². The second-order valence-electron chi connectivity index (χ2n) is 8.93. The van der Waals surface area contributed by atoms with Crippen molar-refractivity contribution in [1.82, 2.24) is 5.32 Å². The maximum Gasteiger partial charge on any atom is 0.303 e. The average Bonchev–Trinajstić information content (AvgIpc) is 2.79. The predicted molar refractivity (Wildman–Crippen MR) is 138 cm³/mol. The number of carbonyl (C=O) groups is 2. The summed E-state index contributed by atoms with van der Waals surface area (Å²) in [5.41, 5.74) is 2.92. The molecule has 0 saturated carbocycles. The van der Waals surface area contributed by atoms with E-state index in [0.717, 1.165) is 16.7 Å². The van der Waals surface area contributed by atoms with Gasteiger partial charge in [0.1, 0.15) is 5.82 Å². The first kappa shape index (κ1) is 26.7. The summed E-state index contributed by atoms with van der Waals surface area (Å²) >= 11 is 12.3. The highest BCUT2D eigenvalue weighted by atomic mass is 35.5. The quantitative estimate of drug-likeness (QED) is 0.301. The molecule has 7 heteroatoms. The lowest BCUT2D eigenvalue weighted by Gasteiger charge is -2.27. The number of nitrogens with one attached hydrogen (secondary N) is 1. The van der Waals surface area contributed by atoms with Crippen LogP contribution < -0.4 is 5.32 Å². The van der Waals surface area contributed by atoms with E-state index in [0.29, 0.717) is 22.0 Å². The fourth-order valence-corrected chi connectivity index (χ4v) is 4.54. The van der Waals surface area contributed by atoms with Crippen LogP contribution in [0.4, 0.5) is 4.39 Å². The lowest BCUT2D eigenvalue weighted by molar-refractivity contribution is -0.138. The van der Waals surface area contributed by atoms with Crippen molar-refractivity contribution in [2.75, 3.05) is 0 Å². The maximum absolute atomic E-state index is 15.2. The van der Waals surface area contributed by atoms with Crippen molar-refractivity contribution >= 4 is 35.1 Å². The van der Waals surface area contributed by atoms with E-state index in [4.69, 9.17) is 28.3 Å². The Hall–Kier alpha value is -2.89. The molecule has 184 valence electrons. The molecule has 3 rings (SSSR count). The molecule has 35 heavy (non-hydrogen) atoms. The molecule has 0 unspecified atom stereocenters. The van der Waals surface area contributed by atoms with Crippen molar-refractivity contribution in [3.8, 4) is 11.1 Å². The van der Waals surface area contributed by atoms with Crippen LogP contribution in [0.5, 0.6) is 0 Å². The van der Waals surface area contributed by atoms with Gasteiger partial charge in [0.05, 0.1) is 10.0 Å². The zero-order valence-corrected chi connectivity index (χ0v) is 21.1. The lowest BCUT2D eigenvalue weighted by atomic mass is 9.85. The highest BCUT2D eigenvalue weighted by molar-refractivity contribution is 6.42. The van der Waals surface area contributed by atoms with Crippen molar-refractivity contribution in [1.29, 1.82) is 0 Å². The number of amides is 1. The number of rotatable bonds is 10. The van der Waals surface area contributed by atoms with E-state index in [-0.39, 0.29) is 42.4 Å². The van der Waals surface area contributed by atoms with E-state index in [2.05, 4.69) is 5.32 Å². The van der Waals surface area contributed by atoms with E-state index >= 15 is 4.39 Å². The third kappa shape index (κ3) is 7.55. The van der Waals surface area contributed by atoms with Crippen LogP contribution in [0.15, 0.2) is 66.7 Å². The second kappa shape index (κ2) is 12.2. The minimum atomic E-state index is -0.940. The van der Waals surface area contributed by atoms with Gasteiger partial charge in [-0.05, 0) is 54.2 Å². The van der Waals surface area contributed by atoms with E-state index in [1.54, 1.807) is 25.1 Å². The minimum Gasteiger partial charge on any atom is -0.481 e. The summed E-state index contributed by atoms with van der Waals surface area (Å²) in [7, 11) is 0. The number of benzene rings is 3. The molecule has 0 radical (unpaired) electrons. The molecule has 2 N–H and O–H groups in total. The molecule has 0 aliphatic heterocycles. The van der Waals surface area contributed by atoms with E-state index in [1.807, 2.05) is 49.4 Å². The van der Waals surface area contributed by atoms with Crippen LogP contribution in [0.1, 0.15) is 43.7 Å². The van der Waals surface area contributed by atoms with Gasteiger partial charge in [0.2, 0.25) is 5.91 Å². The molecular formula is C28H28Cl2FNO3. The summed E-state index contributed by atoms with van der Waals surface area (Å²) in [6, 6.07) is 19.5. The molecule has 0 heterocycles. The Balaban J connectivity index is 1.87. The Morgan fingerprint density at radius 3 is 2.29 bits per heavy atom. The third-order valence-electron chi connectivity index (χ3n) is 5.99. The van der Waals surface area contributed by atoms with Crippen LogP contribution in [0.2, 0.25) is 10.0 Å². The average molecular weight is 516 g/mol. The molecule has 3 aromatic rings. The van der Waals surface area contributed by atoms with Gasteiger partial charge in [-0.3, -0.25) is 9.59 Å². The molecule has 4 nitrogen and oxygen atoms in total. The smallest absolute Gasteiger partial charge is 0.303 e. The summed E-state index contributed by atoms with van der Waals surface area (Å²) in [6.45, 7) is 3.59. The number of hydrogen-bond acceptors (Lipinski definition) is 2. The molecule has 3 aromatic carbocycles. The van der Waals surface area contributed by atoms with E-state index in [9.17, 15) is 9.59 Å². The van der Waals surface area contributed by atoms with Crippen LogP contribution in [0.25, 0.3) is 11.1 Å². The molecule has 0 aliphatic rings. The first-order valence-corrected chi connectivity index (χ1v) is 12.2. The topological polar surface area (TPSA) is 66.4 Å². The molecule has 0 fully saturated rings. The summed E-state index contributed by atoms with van der Waals surface area (Å²) in [5.74, 6) is -2.08. The van der Waals surface area contributed by atoms with Gasteiger partial charge in [0, 0.05) is 30.4 Å². The standard InChI is InChI=1S/C28H28Cl2FNO3/c1-17(13-28(34)35)12-27(33)32-18(2)23(14-19-8-11-24(29)25(30)15-19)21-9-10-22(26(31)16-21)20-6-4-3-5-7-20/h3-11,15-18,23H,12-14H2,1-2H3,(H,32,33)(H,34,35)/t17-,18+,23-/m1/s1. The van der Waals surface area contributed by atoms with E-state index in [1.165, 1.54) is 6.07 Å². The number of carboxylic acid groups (broad SMARTS) is 1. The molecule has 0 bridgehead atoms. The number of halogens is 3. The van der Waals surface area contributed by atoms with Crippen LogP contribution in [0, 0.1) is 11.7 Å². The number of carbonyl (C=O) groups excluding carboxylic acids is 1. The summed E-state index contributed by atoms with van der Waals surface area (Å²) in [6.07, 6.45) is 0.505. The van der Waals surface area contributed by atoms with Crippen LogP contribution in [-0.2, 0) is 16.0 Å². The Bertz CT molecular complexity index is 1190. The second-order valence-corrected chi connectivity index (χ2v) is 9.74. The van der Waals surface area contributed by atoms with Gasteiger partial charge < -0.3 is 10.4 Å². The normalized spacial score (nSPS) is 13.6. The van der Waals surface area contributed by atoms with Gasteiger partial charge in [0.15, 0.2) is 0 Å². The largest absolute Gasteiger partial charge is 0.481 e. The summed E-state index contributed by atoms with van der Waals surface area (Å²) in [4.78, 5) is 23.6. The Labute approximate surface area is 215 Å². The first-order valence-electron chi connectivity index (χ1n) is 11.4. The Morgan fingerprint density at radius 2 is 1.66 bits per heavy atom. The van der Waals surface area contributed by atoms with Crippen molar-refractivity contribution in [2.24, 2.45) is 5.92 Å².